The molecule has 0 N–H and O–H groups in total. The highest BCUT2D eigenvalue weighted by Crippen LogP contribution is 2.55. The van der Waals surface area contributed by atoms with Gasteiger partial charge in [0, 0.05) is 18.5 Å². The summed E-state index contributed by atoms with van der Waals surface area (Å²) in [6.07, 6.45) is 5.73. The van der Waals surface area contributed by atoms with Crippen LogP contribution in [0.25, 0.3) is 0 Å². The number of esters is 1. The largest absolute Gasteiger partial charge is 0.450 e. The second kappa shape index (κ2) is 5.17. The summed E-state index contributed by atoms with van der Waals surface area (Å²) in [5.41, 5.74) is 0.331. The van der Waals surface area contributed by atoms with Gasteiger partial charge in [-0.05, 0) is 43.5 Å². The van der Waals surface area contributed by atoms with Crippen molar-refractivity contribution < 1.29 is 17.9 Å². The second-order valence-electron chi connectivity index (χ2n) is 7.60. The van der Waals surface area contributed by atoms with Gasteiger partial charge in [-0.2, -0.15) is 0 Å². The van der Waals surface area contributed by atoms with Gasteiger partial charge in [0.25, 0.3) is 0 Å². The first-order valence-corrected chi connectivity index (χ1v) is 10.6. The Kier molecular flexibility index (Phi) is 3.23. The van der Waals surface area contributed by atoms with Gasteiger partial charge in [0.2, 0.25) is 0 Å². The van der Waals surface area contributed by atoms with E-state index in [4.69, 9.17) is 4.74 Å². The van der Waals surface area contributed by atoms with Crippen molar-refractivity contribution in [1.82, 2.24) is 4.90 Å². The molecule has 0 aromatic heterocycles. The third kappa shape index (κ3) is 2.04. The normalized spacial score (nSPS) is 37.2. The van der Waals surface area contributed by atoms with Crippen molar-refractivity contribution in [1.29, 1.82) is 0 Å². The molecule has 2 bridgehead atoms. The average molecular weight is 359 g/mol. The van der Waals surface area contributed by atoms with E-state index in [0.29, 0.717) is 17.7 Å². The lowest BCUT2D eigenvalue weighted by Gasteiger charge is -2.38. The number of hydrogen-bond acceptors (Lipinski definition) is 5. The zero-order valence-corrected chi connectivity index (χ0v) is 14.7. The summed E-state index contributed by atoms with van der Waals surface area (Å²) in [6, 6.07) is 8.76. The number of sulfone groups is 1. The number of benzene rings is 1. The van der Waals surface area contributed by atoms with Crippen molar-refractivity contribution in [2.75, 3.05) is 6.54 Å². The van der Waals surface area contributed by atoms with E-state index in [1.165, 1.54) is 0 Å². The number of rotatable bonds is 2. The number of ether oxygens (including phenoxy) is 1. The topological polar surface area (TPSA) is 63.7 Å². The fourth-order valence-corrected chi connectivity index (χ4v) is 7.39. The smallest absolute Gasteiger partial charge is 0.331 e. The number of fused-ring (bicyclic) bond motifs is 3. The molecule has 1 spiro atoms. The Hall–Kier alpha value is -1.66. The van der Waals surface area contributed by atoms with Crippen LogP contribution in [0.5, 0.6) is 0 Å². The minimum atomic E-state index is -3.46. The molecule has 3 aliphatic heterocycles. The highest BCUT2D eigenvalue weighted by molar-refractivity contribution is 7.92. The molecule has 3 fully saturated rings. The number of nitrogens with zero attached hydrogens (tertiary/aromatic N) is 1. The van der Waals surface area contributed by atoms with Crippen LogP contribution in [0.4, 0.5) is 0 Å². The van der Waals surface area contributed by atoms with Crippen molar-refractivity contribution in [3.8, 4) is 0 Å². The van der Waals surface area contributed by atoms with Crippen LogP contribution in [-0.4, -0.2) is 48.8 Å². The third-order valence-corrected chi connectivity index (χ3v) is 8.67. The molecule has 3 heterocycles. The van der Waals surface area contributed by atoms with Crippen LogP contribution < -0.4 is 0 Å². The molecule has 1 saturated carbocycles. The van der Waals surface area contributed by atoms with E-state index in [9.17, 15) is 13.2 Å². The molecule has 0 amide bonds. The first kappa shape index (κ1) is 15.6. The Morgan fingerprint density at radius 2 is 1.96 bits per heavy atom. The Morgan fingerprint density at radius 1 is 1.16 bits per heavy atom. The summed E-state index contributed by atoms with van der Waals surface area (Å²) in [5.74, 6) is -0.307. The van der Waals surface area contributed by atoms with Crippen molar-refractivity contribution in [3.63, 3.8) is 0 Å². The maximum absolute atomic E-state index is 13.3. The van der Waals surface area contributed by atoms with Crippen molar-refractivity contribution in [3.05, 3.63) is 42.0 Å². The first-order chi connectivity index (χ1) is 12.0. The Balaban J connectivity index is 1.62. The molecule has 4 atom stereocenters. The molecule has 132 valence electrons. The zero-order valence-electron chi connectivity index (χ0n) is 13.9. The van der Waals surface area contributed by atoms with E-state index in [1.807, 2.05) is 6.07 Å². The Bertz CT molecular complexity index is 863. The minimum absolute atomic E-state index is 0.0708. The summed E-state index contributed by atoms with van der Waals surface area (Å²) in [5, 5.41) is -0.508. The van der Waals surface area contributed by atoms with Crippen LogP contribution in [0.1, 0.15) is 32.1 Å². The standard InChI is InChI=1S/C19H21NO4S/c21-18-11-13-10-16(25(22,23)14-6-2-1-3-7-14)15-12-19(13,24-18)17-8-4-5-9-20(15)17/h1-3,6-7,11,15-17H,4-5,8-10,12H2/t15-,16-,17+,19-/m0/s1. The van der Waals surface area contributed by atoms with Crippen LogP contribution in [0.2, 0.25) is 0 Å². The van der Waals surface area contributed by atoms with Crippen LogP contribution in [0, 0.1) is 0 Å². The van der Waals surface area contributed by atoms with Gasteiger partial charge in [0.1, 0.15) is 0 Å². The lowest BCUT2D eigenvalue weighted by Crippen LogP contribution is -2.48. The zero-order chi connectivity index (χ0) is 17.2. The number of carbonyl (C=O) groups is 1. The summed E-state index contributed by atoms with van der Waals surface area (Å²) in [7, 11) is -3.46. The molecular formula is C19H21NO4S. The van der Waals surface area contributed by atoms with E-state index in [0.717, 1.165) is 31.4 Å². The summed E-state index contributed by atoms with van der Waals surface area (Å²) in [4.78, 5) is 14.7. The fraction of sp³-hybridized carbons (Fsp3) is 0.526. The Labute approximate surface area is 147 Å². The first-order valence-electron chi connectivity index (χ1n) is 9.01. The van der Waals surface area contributed by atoms with Gasteiger partial charge in [-0.15, -0.1) is 0 Å². The van der Waals surface area contributed by atoms with Gasteiger partial charge in [-0.3, -0.25) is 4.90 Å². The predicted molar refractivity (Wildman–Crippen MR) is 91.7 cm³/mol. The number of carbonyl (C=O) groups excluding carboxylic acids is 1. The molecule has 5 rings (SSSR count). The van der Waals surface area contributed by atoms with Gasteiger partial charge >= 0.3 is 5.97 Å². The summed E-state index contributed by atoms with van der Waals surface area (Å²) >= 11 is 0. The highest BCUT2D eigenvalue weighted by atomic mass is 32.2. The lowest BCUT2D eigenvalue weighted by molar-refractivity contribution is -0.148. The van der Waals surface area contributed by atoms with Gasteiger partial charge in [-0.1, -0.05) is 24.6 Å². The summed E-state index contributed by atoms with van der Waals surface area (Å²) in [6.45, 7) is 0.892. The maximum atomic E-state index is 13.3. The second-order valence-corrected chi connectivity index (χ2v) is 9.77. The van der Waals surface area contributed by atoms with Crippen LogP contribution in [0.15, 0.2) is 46.9 Å². The predicted octanol–water partition coefficient (Wildman–Crippen LogP) is 2.08. The van der Waals surface area contributed by atoms with Crippen molar-refractivity contribution in [2.45, 2.75) is 59.9 Å². The molecule has 4 aliphatic rings. The van der Waals surface area contributed by atoms with Crippen LogP contribution in [0.3, 0.4) is 0 Å². The van der Waals surface area contributed by atoms with E-state index in [1.54, 1.807) is 30.3 Å². The van der Waals surface area contributed by atoms with E-state index in [2.05, 4.69) is 4.90 Å². The number of hydrogen-bond donors (Lipinski definition) is 0. The molecule has 6 heteroatoms. The molecule has 5 nitrogen and oxygen atoms in total. The van der Waals surface area contributed by atoms with Crippen molar-refractivity contribution >= 4 is 15.8 Å². The fourth-order valence-electron chi connectivity index (χ4n) is 5.44. The highest BCUT2D eigenvalue weighted by Gasteiger charge is 2.65. The molecule has 2 saturated heterocycles. The van der Waals surface area contributed by atoms with Crippen molar-refractivity contribution in [2.24, 2.45) is 0 Å². The quantitative estimate of drug-likeness (QED) is 0.757. The van der Waals surface area contributed by atoms with Gasteiger partial charge < -0.3 is 4.74 Å². The van der Waals surface area contributed by atoms with E-state index >= 15 is 0 Å². The van der Waals surface area contributed by atoms with Gasteiger partial charge in [-0.25, -0.2) is 13.2 Å². The average Bonchev–Trinajstić information content (AvgIpc) is 3.10. The SMILES string of the molecule is O=C1C=C2C[C@H](S(=O)(=O)c3ccccc3)[C@@H]3C[C@@]2(O1)[C@H]1CCCCN31. The molecule has 0 unspecified atom stereocenters. The Morgan fingerprint density at radius 3 is 2.76 bits per heavy atom. The molecule has 1 aromatic carbocycles. The summed E-state index contributed by atoms with van der Waals surface area (Å²) < 4.78 is 32.5. The molecular weight excluding hydrogens is 338 g/mol. The third-order valence-electron chi connectivity index (χ3n) is 6.46. The minimum Gasteiger partial charge on any atom is -0.450 e. The van der Waals surface area contributed by atoms with E-state index in [-0.39, 0.29) is 18.1 Å². The van der Waals surface area contributed by atoms with Crippen LogP contribution in [-0.2, 0) is 19.4 Å². The molecule has 1 aromatic rings. The monoisotopic (exact) mass is 359 g/mol. The van der Waals surface area contributed by atoms with E-state index < -0.39 is 20.7 Å². The number of piperidine rings is 1. The molecule has 1 aliphatic carbocycles. The lowest BCUT2D eigenvalue weighted by atomic mass is 9.77. The maximum Gasteiger partial charge on any atom is 0.331 e. The van der Waals surface area contributed by atoms with Gasteiger partial charge in [0.15, 0.2) is 15.4 Å². The van der Waals surface area contributed by atoms with Gasteiger partial charge in [0.05, 0.1) is 16.2 Å². The molecule has 0 radical (unpaired) electrons. The molecule has 25 heavy (non-hydrogen) atoms. The van der Waals surface area contributed by atoms with Crippen LogP contribution >= 0.6 is 0 Å².